The number of ketones is 1. The van der Waals surface area contributed by atoms with Gasteiger partial charge in [-0.3, -0.25) is 4.79 Å². The number of carbonyl (C=O) groups is 1. The van der Waals surface area contributed by atoms with E-state index in [1.54, 1.807) is 20.1 Å². The number of ether oxygens (including phenoxy) is 1. The summed E-state index contributed by atoms with van der Waals surface area (Å²) >= 11 is 0. The van der Waals surface area contributed by atoms with Crippen LogP contribution in [0.15, 0.2) is 12.1 Å². The van der Waals surface area contributed by atoms with E-state index < -0.39 is 0 Å². The molecule has 5 heteroatoms. The highest BCUT2D eigenvalue weighted by atomic mass is 16.5. The van der Waals surface area contributed by atoms with Crippen molar-refractivity contribution in [2.24, 2.45) is 0 Å². The average molecular weight is 291 g/mol. The van der Waals surface area contributed by atoms with Crippen LogP contribution in [0.5, 0.6) is 5.75 Å². The number of nitrogen functional groups attached to an aromatic ring is 1. The van der Waals surface area contributed by atoms with Gasteiger partial charge in [0, 0.05) is 30.8 Å². The maximum absolute atomic E-state index is 11.9. The molecule has 1 fully saturated rings. The molecule has 2 rings (SSSR count). The van der Waals surface area contributed by atoms with Crippen molar-refractivity contribution >= 4 is 17.2 Å². The second kappa shape index (κ2) is 6.35. The molecule has 0 unspecified atom stereocenters. The Morgan fingerprint density at radius 3 is 2.43 bits per heavy atom. The number of hydrogen-bond acceptors (Lipinski definition) is 5. The van der Waals surface area contributed by atoms with Crippen LogP contribution in [-0.4, -0.2) is 51.0 Å². The first-order chi connectivity index (χ1) is 9.93. The number of hydrogen-bond donors (Lipinski definition) is 1. The molecule has 0 aliphatic carbocycles. The van der Waals surface area contributed by atoms with Gasteiger partial charge >= 0.3 is 0 Å². The zero-order valence-electron chi connectivity index (χ0n) is 13.3. The van der Waals surface area contributed by atoms with Crippen LogP contribution >= 0.6 is 0 Å². The van der Waals surface area contributed by atoms with Gasteiger partial charge < -0.3 is 20.3 Å². The zero-order valence-corrected chi connectivity index (χ0v) is 13.3. The fraction of sp³-hybridized carbons (Fsp3) is 0.562. The van der Waals surface area contributed by atoms with Crippen molar-refractivity contribution in [2.45, 2.75) is 25.8 Å². The molecule has 1 aliphatic rings. The monoisotopic (exact) mass is 291 g/mol. The molecule has 1 aromatic carbocycles. The lowest BCUT2D eigenvalue weighted by Gasteiger charge is -2.37. The molecule has 0 bridgehead atoms. The van der Waals surface area contributed by atoms with Gasteiger partial charge in [-0.05, 0) is 39.9 Å². The van der Waals surface area contributed by atoms with Crippen molar-refractivity contribution in [3.8, 4) is 5.75 Å². The molecular formula is C16H25N3O2. The Hall–Kier alpha value is -1.75. The molecule has 0 radical (unpaired) electrons. The van der Waals surface area contributed by atoms with Gasteiger partial charge in [-0.25, -0.2) is 0 Å². The van der Waals surface area contributed by atoms with E-state index in [4.69, 9.17) is 10.5 Å². The first-order valence-electron chi connectivity index (χ1n) is 7.34. The van der Waals surface area contributed by atoms with Crippen LogP contribution in [0.3, 0.4) is 0 Å². The second-order valence-corrected chi connectivity index (χ2v) is 5.85. The molecular weight excluding hydrogens is 266 g/mol. The number of benzene rings is 1. The van der Waals surface area contributed by atoms with Gasteiger partial charge in [0.05, 0.1) is 18.5 Å². The van der Waals surface area contributed by atoms with Crippen molar-refractivity contribution in [2.75, 3.05) is 44.9 Å². The van der Waals surface area contributed by atoms with E-state index >= 15 is 0 Å². The number of nitrogens with two attached hydrogens (primary N) is 1. The Balaban J connectivity index is 2.28. The van der Waals surface area contributed by atoms with Crippen molar-refractivity contribution < 1.29 is 9.53 Å². The van der Waals surface area contributed by atoms with E-state index in [9.17, 15) is 4.79 Å². The minimum Gasteiger partial charge on any atom is -0.495 e. The number of piperidine rings is 1. The van der Waals surface area contributed by atoms with Crippen LogP contribution in [0, 0.1) is 0 Å². The van der Waals surface area contributed by atoms with E-state index in [-0.39, 0.29) is 5.78 Å². The summed E-state index contributed by atoms with van der Waals surface area (Å²) in [5, 5.41) is 0. The van der Waals surface area contributed by atoms with Crippen LogP contribution in [0.25, 0.3) is 0 Å². The molecule has 0 atom stereocenters. The summed E-state index contributed by atoms with van der Waals surface area (Å²) in [4.78, 5) is 16.4. The molecule has 2 N–H and O–H groups in total. The van der Waals surface area contributed by atoms with Crippen molar-refractivity contribution in [3.05, 3.63) is 17.7 Å². The first-order valence-corrected chi connectivity index (χ1v) is 7.34. The normalized spacial score (nSPS) is 16.3. The summed E-state index contributed by atoms with van der Waals surface area (Å²) < 4.78 is 5.30. The van der Waals surface area contributed by atoms with Gasteiger partial charge in [0.1, 0.15) is 5.75 Å². The molecule has 1 saturated heterocycles. The predicted molar refractivity (Wildman–Crippen MR) is 86.3 cm³/mol. The Morgan fingerprint density at radius 1 is 1.33 bits per heavy atom. The fourth-order valence-electron chi connectivity index (χ4n) is 2.93. The van der Waals surface area contributed by atoms with Gasteiger partial charge in [0.2, 0.25) is 0 Å². The lowest BCUT2D eigenvalue weighted by molar-refractivity contribution is 0.101. The molecule has 5 nitrogen and oxygen atoms in total. The molecule has 1 aromatic rings. The van der Waals surface area contributed by atoms with Gasteiger partial charge in [-0.2, -0.15) is 0 Å². The number of nitrogens with zero attached hydrogens (tertiary/aromatic N) is 2. The van der Waals surface area contributed by atoms with Crippen LogP contribution in [0.1, 0.15) is 30.1 Å². The Kier molecular flexibility index (Phi) is 4.73. The highest BCUT2D eigenvalue weighted by Gasteiger charge is 2.24. The van der Waals surface area contributed by atoms with E-state index in [0.717, 1.165) is 31.6 Å². The van der Waals surface area contributed by atoms with Gasteiger partial charge in [0.25, 0.3) is 0 Å². The smallest absolute Gasteiger partial charge is 0.161 e. The Labute approximate surface area is 126 Å². The highest BCUT2D eigenvalue weighted by molar-refractivity contribution is 6.01. The van der Waals surface area contributed by atoms with Crippen LogP contribution in [0.2, 0.25) is 0 Å². The van der Waals surface area contributed by atoms with E-state index in [1.165, 1.54) is 0 Å². The third kappa shape index (κ3) is 3.29. The number of Topliss-reactive ketones (excluding diaryl/α,β-unsaturated/α-hetero) is 1. The third-order valence-electron chi connectivity index (χ3n) is 4.26. The minimum absolute atomic E-state index is 0.0362. The zero-order chi connectivity index (χ0) is 15.6. The molecule has 0 spiro atoms. The van der Waals surface area contributed by atoms with E-state index in [0.29, 0.717) is 23.0 Å². The molecule has 21 heavy (non-hydrogen) atoms. The number of anilines is 2. The van der Waals surface area contributed by atoms with Crippen LogP contribution in [-0.2, 0) is 0 Å². The molecule has 0 saturated carbocycles. The Morgan fingerprint density at radius 2 is 1.95 bits per heavy atom. The quantitative estimate of drug-likeness (QED) is 0.679. The maximum Gasteiger partial charge on any atom is 0.161 e. The van der Waals surface area contributed by atoms with Gasteiger partial charge in [0.15, 0.2) is 5.78 Å². The molecule has 1 aliphatic heterocycles. The maximum atomic E-state index is 11.9. The SMILES string of the molecule is COc1cc(N2CCC(N(C)C)CC2)c(C(C)=O)cc1N. The summed E-state index contributed by atoms with van der Waals surface area (Å²) in [5.41, 5.74) is 8.05. The van der Waals surface area contributed by atoms with Crippen molar-refractivity contribution in [1.82, 2.24) is 4.90 Å². The predicted octanol–water partition coefficient (Wildman–Crippen LogP) is 2.01. The number of rotatable bonds is 4. The molecule has 116 valence electrons. The van der Waals surface area contributed by atoms with Gasteiger partial charge in [-0.1, -0.05) is 0 Å². The standard InChI is InChI=1S/C16H25N3O2/c1-11(20)13-9-14(17)16(21-4)10-15(13)19-7-5-12(6-8-19)18(2)3/h9-10,12H,5-8,17H2,1-4H3. The highest BCUT2D eigenvalue weighted by Crippen LogP contribution is 2.33. The lowest BCUT2D eigenvalue weighted by atomic mass is 10.0. The largest absolute Gasteiger partial charge is 0.495 e. The summed E-state index contributed by atoms with van der Waals surface area (Å²) in [7, 11) is 5.84. The molecule has 1 heterocycles. The van der Waals surface area contributed by atoms with Crippen LogP contribution in [0.4, 0.5) is 11.4 Å². The topological polar surface area (TPSA) is 58.8 Å². The minimum atomic E-state index is 0.0362. The number of methoxy groups -OCH3 is 1. The number of carbonyl (C=O) groups excluding carboxylic acids is 1. The van der Waals surface area contributed by atoms with Crippen molar-refractivity contribution in [1.29, 1.82) is 0 Å². The van der Waals surface area contributed by atoms with E-state index in [2.05, 4.69) is 23.9 Å². The Bertz CT molecular complexity index is 520. The average Bonchev–Trinajstić information content (AvgIpc) is 2.47. The van der Waals surface area contributed by atoms with Gasteiger partial charge in [-0.15, -0.1) is 0 Å². The summed E-state index contributed by atoms with van der Waals surface area (Å²) in [6.45, 7) is 3.46. The van der Waals surface area contributed by atoms with Crippen LogP contribution < -0.4 is 15.4 Å². The van der Waals surface area contributed by atoms with E-state index in [1.807, 2.05) is 6.07 Å². The fourth-order valence-corrected chi connectivity index (χ4v) is 2.93. The lowest BCUT2D eigenvalue weighted by Crippen LogP contribution is -2.42. The molecule has 0 aromatic heterocycles. The molecule has 0 amide bonds. The third-order valence-corrected chi connectivity index (χ3v) is 4.26. The second-order valence-electron chi connectivity index (χ2n) is 5.85. The summed E-state index contributed by atoms with van der Waals surface area (Å²) in [5.74, 6) is 0.666. The first kappa shape index (κ1) is 15.6. The van der Waals surface area contributed by atoms with Crippen molar-refractivity contribution in [3.63, 3.8) is 0 Å². The summed E-state index contributed by atoms with van der Waals surface area (Å²) in [6, 6.07) is 4.23. The summed E-state index contributed by atoms with van der Waals surface area (Å²) in [6.07, 6.45) is 2.19.